The number of benzene rings is 1. The van der Waals surface area contributed by atoms with E-state index < -0.39 is 0 Å². The van der Waals surface area contributed by atoms with Crippen LogP contribution in [0.15, 0.2) is 18.2 Å². The van der Waals surface area contributed by atoms with Crippen LogP contribution in [0, 0.1) is 5.82 Å². The average Bonchev–Trinajstić information content (AvgIpc) is 2.25. The molecular weight excluding hydrogens is 229 g/mol. The van der Waals surface area contributed by atoms with Crippen LogP contribution in [0.5, 0.6) is 5.75 Å². The van der Waals surface area contributed by atoms with E-state index in [1.165, 1.54) is 13.2 Å². The fourth-order valence-corrected chi connectivity index (χ4v) is 1.52. The molecule has 0 radical (unpaired) electrons. The summed E-state index contributed by atoms with van der Waals surface area (Å²) in [5.74, 6) is 0.247. The maximum Gasteiger partial charge on any atom is 0.131 e. The van der Waals surface area contributed by atoms with Gasteiger partial charge in [0.25, 0.3) is 0 Å². The van der Waals surface area contributed by atoms with Gasteiger partial charge in [0.15, 0.2) is 0 Å². The van der Waals surface area contributed by atoms with Crippen molar-refractivity contribution < 1.29 is 9.13 Å². The molecule has 0 aliphatic rings. The first kappa shape index (κ1) is 15.2. The molecule has 2 nitrogen and oxygen atoms in total. The largest absolute Gasteiger partial charge is 0.497 e. The van der Waals surface area contributed by atoms with Gasteiger partial charge in [-0.05, 0) is 12.5 Å². The molecule has 0 spiro atoms. The van der Waals surface area contributed by atoms with Crippen molar-refractivity contribution in [3.05, 3.63) is 29.6 Å². The van der Waals surface area contributed by atoms with Gasteiger partial charge in [-0.25, -0.2) is 4.39 Å². The quantitative estimate of drug-likeness (QED) is 0.865. The van der Waals surface area contributed by atoms with E-state index in [0.717, 1.165) is 19.3 Å². The zero-order valence-corrected chi connectivity index (χ0v) is 10.5. The molecular formula is C12H19ClFNO. The van der Waals surface area contributed by atoms with Crippen LogP contribution in [0.1, 0.15) is 37.8 Å². The lowest BCUT2D eigenvalue weighted by Crippen LogP contribution is -2.12. The highest BCUT2D eigenvalue weighted by Crippen LogP contribution is 2.23. The molecule has 0 fully saturated rings. The summed E-state index contributed by atoms with van der Waals surface area (Å²) in [6.45, 7) is 2.09. The van der Waals surface area contributed by atoms with Gasteiger partial charge in [0, 0.05) is 17.7 Å². The maximum atomic E-state index is 13.6. The number of halogens is 2. The maximum absolute atomic E-state index is 13.6. The van der Waals surface area contributed by atoms with Gasteiger partial charge in [-0.2, -0.15) is 0 Å². The van der Waals surface area contributed by atoms with Crippen LogP contribution in [-0.4, -0.2) is 7.11 Å². The predicted molar refractivity (Wildman–Crippen MR) is 66.7 cm³/mol. The van der Waals surface area contributed by atoms with Crippen LogP contribution in [0.2, 0.25) is 0 Å². The second kappa shape index (κ2) is 7.47. The number of hydrogen-bond donors (Lipinski definition) is 1. The first-order chi connectivity index (χ1) is 7.19. The van der Waals surface area contributed by atoms with Crippen molar-refractivity contribution in [1.82, 2.24) is 0 Å². The van der Waals surface area contributed by atoms with Crippen LogP contribution in [0.3, 0.4) is 0 Å². The fourth-order valence-electron chi connectivity index (χ4n) is 1.52. The SMILES string of the molecule is CCCC[C@@H](N)c1ccc(OC)cc1F.Cl. The average molecular weight is 248 g/mol. The lowest BCUT2D eigenvalue weighted by molar-refractivity contribution is 0.410. The fraction of sp³-hybridized carbons (Fsp3) is 0.500. The van der Waals surface area contributed by atoms with Crippen molar-refractivity contribution in [2.24, 2.45) is 5.73 Å². The Morgan fingerprint density at radius 2 is 2.12 bits per heavy atom. The summed E-state index contributed by atoms with van der Waals surface area (Å²) in [5.41, 5.74) is 6.47. The Hall–Kier alpha value is -0.800. The van der Waals surface area contributed by atoms with Crippen molar-refractivity contribution in [2.45, 2.75) is 32.2 Å². The number of ether oxygens (including phenoxy) is 1. The topological polar surface area (TPSA) is 35.2 Å². The molecule has 0 aromatic heterocycles. The summed E-state index contributed by atoms with van der Waals surface area (Å²) >= 11 is 0. The molecule has 1 rings (SSSR count). The van der Waals surface area contributed by atoms with Crippen molar-refractivity contribution in [1.29, 1.82) is 0 Å². The number of unbranched alkanes of at least 4 members (excludes halogenated alkanes) is 1. The summed E-state index contributed by atoms with van der Waals surface area (Å²) in [6.07, 6.45) is 2.91. The van der Waals surface area contributed by atoms with Crippen LogP contribution < -0.4 is 10.5 Å². The molecule has 0 bridgehead atoms. The minimum absolute atomic E-state index is 0. The van der Waals surface area contributed by atoms with Crippen molar-refractivity contribution in [3.63, 3.8) is 0 Å². The van der Waals surface area contributed by atoms with E-state index in [9.17, 15) is 4.39 Å². The van der Waals surface area contributed by atoms with Gasteiger partial charge in [0.1, 0.15) is 11.6 Å². The summed E-state index contributed by atoms with van der Waals surface area (Å²) in [6, 6.07) is 4.61. The molecule has 0 amide bonds. The molecule has 92 valence electrons. The van der Waals surface area contributed by atoms with Gasteiger partial charge in [0.05, 0.1) is 7.11 Å². The molecule has 1 atom stereocenters. The number of hydrogen-bond acceptors (Lipinski definition) is 2. The van der Waals surface area contributed by atoms with Gasteiger partial charge in [-0.15, -0.1) is 12.4 Å². The minimum Gasteiger partial charge on any atom is -0.497 e. The Morgan fingerprint density at radius 3 is 2.62 bits per heavy atom. The first-order valence-electron chi connectivity index (χ1n) is 5.28. The van der Waals surface area contributed by atoms with Crippen LogP contribution in [-0.2, 0) is 0 Å². The Kier molecular flexibility index (Phi) is 7.10. The molecule has 0 aliphatic carbocycles. The molecule has 0 aliphatic heterocycles. The van der Waals surface area contributed by atoms with E-state index in [-0.39, 0.29) is 24.3 Å². The molecule has 0 saturated carbocycles. The van der Waals surface area contributed by atoms with Crippen LogP contribution in [0.25, 0.3) is 0 Å². The number of nitrogens with two attached hydrogens (primary N) is 1. The number of rotatable bonds is 5. The Bertz CT molecular complexity index is 320. The summed E-state index contributed by atoms with van der Waals surface area (Å²) < 4.78 is 18.5. The van der Waals surface area contributed by atoms with Gasteiger partial charge < -0.3 is 10.5 Å². The van der Waals surface area contributed by atoms with Crippen molar-refractivity contribution in [3.8, 4) is 5.75 Å². The van der Waals surface area contributed by atoms with E-state index in [1.54, 1.807) is 12.1 Å². The Morgan fingerprint density at radius 1 is 1.44 bits per heavy atom. The molecule has 0 unspecified atom stereocenters. The highest BCUT2D eigenvalue weighted by Gasteiger charge is 2.11. The lowest BCUT2D eigenvalue weighted by Gasteiger charge is -2.13. The summed E-state index contributed by atoms with van der Waals surface area (Å²) in [7, 11) is 1.52. The lowest BCUT2D eigenvalue weighted by atomic mass is 10.0. The normalized spacial score (nSPS) is 11.8. The molecule has 4 heteroatoms. The second-order valence-electron chi connectivity index (χ2n) is 3.64. The standard InChI is InChI=1S/C12H18FNO.ClH/c1-3-4-5-12(14)10-7-6-9(15-2)8-11(10)13;/h6-8,12H,3-5,14H2,1-2H3;1H/t12-;/m1./s1. The highest BCUT2D eigenvalue weighted by molar-refractivity contribution is 5.85. The first-order valence-corrected chi connectivity index (χ1v) is 5.28. The van der Waals surface area contributed by atoms with E-state index >= 15 is 0 Å². The van der Waals surface area contributed by atoms with Gasteiger partial charge in [0.2, 0.25) is 0 Å². The summed E-state index contributed by atoms with van der Waals surface area (Å²) in [4.78, 5) is 0. The van der Waals surface area contributed by atoms with E-state index in [4.69, 9.17) is 10.5 Å². The predicted octanol–water partition coefficient (Wildman–Crippen LogP) is 3.45. The highest BCUT2D eigenvalue weighted by atomic mass is 35.5. The molecule has 0 saturated heterocycles. The third-order valence-corrected chi connectivity index (χ3v) is 2.48. The minimum atomic E-state index is -0.280. The second-order valence-corrected chi connectivity index (χ2v) is 3.64. The van der Waals surface area contributed by atoms with Gasteiger partial charge in [-0.3, -0.25) is 0 Å². The molecule has 2 N–H and O–H groups in total. The molecule has 0 heterocycles. The third kappa shape index (κ3) is 3.99. The molecule has 1 aromatic carbocycles. The van der Waals surface area contributed by atoms with Crippen molar-refractivity contribution >= 4 is 12.4 Å². The van der Waals surface area contributed by atoms with Crippen LogP contribution in [0.4, 0.5) is 4.39 Å². The van der Waals surface area contributed by atoms with E-state index in [1.807, 2.05) is 0 Å². The molecule has 1 aromatic rings. The monoisotopic (exact) mass is 247 g/mol. The zero-order chi connectivity index (χ0) is 11.3. The van der Waals surface area contributed by atoms with E-state index in [0.29, 0.717) is 11.3 Å². The zero-order valence-electron chi connectivity index (χ0n) is 9.70. The van der Waals surface area contributed by atoms with Gasteiger partial charge >= 0.3 is 0 Å². The Labute approximate surface area is 102 Å². The smallest absolute Gasteiger partial charge is 0.131 e. The molecule has 16 heavy (non-hydrogen) atoms. The van der Waals surface area contributed by atoms with Crippen LogP contribution >= 0.6 is 12.4 Å². The van der Waals surface area contributed by atoms with E-state index in [2.05, 4.69) is 6.92 Å². The van der Waals surface area contributed by atoms with Gasteiger partial charge in [-0.1, -0.05) is 25.8 Å². The Balaban J connectivity index is 0.00000225. The third-order valence-electron chi connectivity index (χ3n) is 2.48. The van der Waals surface area contributed by atoms with Crippen molar-refractivity contribution in [2.75, 3.05) is 7.11 Å². The number of methoxy groups -OCH3 is 1. The summed E-state index contributed by atoms with van der Waals surface area (Å²) in [5, 5.41) is 0.